The van der Waals surface area contributed by atoms with Gasteiger partial charge in [-0.2, -0.15) is 0 Å². The molecule has 1 amide bonds. The molecular formula is C27H21ClN4O3S. The highest BCUT2D eigenvalue weighted by molar-refractivity contribution is 7.90. The van der Waals surface area contributed by atoms with Crippen molar-refractivity contribution in [3.05, 3.63) is 82.8 Å². The highest BCUT2D eigenvalue weighted by atomic mass is 35.5. The van der Waals surface area contributed by atoms with Crippen molar-refractivity contribution in [1.82, 2.24) is 9.97 Å². The van der Waals surface area contributed by atoms with Crippen LogP contribution in [0.2, 0.25) is 5.02 Å². The lowest BCUT2D eigenvalue weighted by Crippen LogP contribution is -2.26. The summed E-state index contributed by atoms with van der Waals surface area (Å²) in [5, 5.41) is 7.97. The minimum Gasteiger partial charge on any atom is -0.339 e. The number of carbonyl (C=O) groups is 1. The first-order valence-electron chi connectivity index (χ1n) is 11.0. The van der Waals surface area contributed by atoms with E-state index >= 15 is 0 Å². The van der Waals surface area contributed by atoms with Crippen molar-refractivity contribution in [3.8, 4) is 11.8 Å². The molecule has 180 valence electrons. The predicted octanol–water partition coefficient (Wildman–Crippen LogP) is 5.06. The Morgan fingerprint density at radius 1 is 1.03 bits per heavy atom. The number of pyridine rings is 2. The van der Waals surface area contributed by atoms with Gasteiger partial charge in [0.1, 0.15) is 11.5 Å². The molecular weight excluding hydrogens is 496 g/mol. The van der Waals surface area contributed by atoms with Crippen LogP contribution in [0.5, 0.6) is 0 Å². The van der Waals surface area contributed by atoms with Crippen LogP contribution >= 0.6 is 11.6 Å². The first-order valence-corrected chi connectivity index (χ1v) is 13.3. The summed E-state index contributed by atoms with van der Waals surface area (Å²) in [5.74, 6) is 6.75. The van der Waals surface area contributed by atoms with Gasteiger partial charge >= 0.3 is 0 Å². The van der Waals surface area contributed by atoms with Gasteiger partial charge in [-0.15, -0.1) is 0 Å². The van der Waals surface area contributed by atoms with Gasteiger partial charge < -0.3 is 10.6 Å². The maximum Gasteiger partial charge on any atom is 0.234 e. The molecule has 9 heteroatoms. The lowest BCUT2D eigenvalue weighted by atomic mass is 9.86. The number of amides is 1. The van der Waals surface area contributed by atoms with Crippen molar-refractivity contribution in [2.45, 2.75) is 24.2 Å². The van der Waals surface area contributed by atoms with Crippen molar-refractivity contribution in [2.75, 3.05) is 16.9 Å². The van der Waals surface area contributed by atoms with Gasteiger partial charge in [0.25, 0.3) is 0 Å². The number of carbonyl (C=O) groups excluding carboxylic acids is 1. The second-order valence-electron chi connectivity index (χ2n) is 9.08. The summed E-state index contributed by atoms with van der Waals surface area (Å²) in [6.07, 6.45) is 4.51. The summed E-state index contributed by atoms with van der Waals surface area (Å²) in [4.78, 5) is 21.2. The Bertz CT molecular complexity index is 1740. The van der Waals surface area contributed by atoms with Crippen LogP contribution in [-0.4, -0.2) is 30.5 Å². The van der Waals surface area contributed by atoms with Gasteiger partial charge in [0, 0.05) is 40.7 Å². The van der Waals surface area contributed by atoms with E-state index in [0.717, 1.165) is 33.8 Å². The van der Waals surface area contributed by atoms with E-state index < -0.39 is 15.3 Å². The molecule has 1 aliphatic rings. The van der Waals surface area contributed by atoms with Gasteiger partial charge in [0.05, 0.1) is 21.0 Å². The normalized spacial score (nSPS) is 14.1. The molecule has 1 aliphatic heterocycles. The van der Waals surface area contributed by atoms with E-state index in [4.69, 9.17) is 11.6 Å². The number of nitrogens with one attached hydrogen (secondary N) is 2. The van der Waals surface area contributed by atoms with Gasteiger partial charge in [0.2, 0.25) is 5.91 Å². The first-order chi connectivity index (χ1) is 17.0. The van der Waals surface area contributed by atoms with Crippen LogP contribution in [0.3, 0.4) is 0 Å². The van der Waals surface area contributed by atoms with Gasteiger partial charge in [-0.05, 0) is 67.8 Å². The van der Waals surface area contributed by atoms with E-state index in [-0.39, 0.29) is 15.8 Å². The van der Waals surface area contributed by atoms with Crippen molar-refractivity contribution >= 4 is 55.3 Å². The van der Waals surface area contributed by atoms with E-state index in [1.165, 1.54) is 12.1 Å². The molecule has 7 nitrogen and oxygen atoms in total. The molecule has 2 aromatic heterocycles. The maximum atomic E-state index is 12.2. The maximum absolute atomic E-state index is 12.2. The summed E-state index contributed by atoms with van der Waals surface area (Å²) in [6.45, 7) is 3.79. The summed E-state index contributed by atoms with van der Waals surface area (Å²) in [7, 11) is -3.36. The fourth-order valence-corrected chi connectivity index (χ4v) is 4.94. The summed E-state index contributed by atoms with van der Waals surface area (Å²) < 4.78 is 23.5. The van der Waals surface area contributed by atoms with Crippen molar-refractivity contribution < 1.29 is 13.2 Å². The number of hydrogen-bond donors (Lipinski definition) is 2. The predicted molar refractivity (Wildman–Crippen MR) is 141 cm³/mol. The number of aromatic nitrogens is 2. The Hall–Kier alpha value is -3.93. The standard InChI is InChI=1S/C27H21ClN4O3S/c1-27(2)20-7-4-16(12-24(20)32-26(27)33)5-8-22-19-14-25(30-15-17(19)10-11-29-22)31-23-9-6-18(13-21(23)28)36(3,34)35/h4,6-7,9-15H,1-3H3,(H,30,31)(H,32,33). The fraction of sp³-hybridized carbons (Fsp3) is 0.148. The second kappa shape index (κ2) is 8.63. The molecule has 0 radical (unpaired) electrons. The molecule has 0 atom stereocenters. The number of benzene rings is 2. The third-order valence-corrected chi connectivity index (χ3v) is 7.54. The quantitative estimate of drug-likeness (QED) is 0.369. The van der Waals surface area contributed by atoms with E-state index in [0.29, 0.717) is 17.2 Å². The molecule has 2 aromatic carbocycles. The van der Waals surface area contributed by atoms with Gasteiger partial charge in [-0.3, -0.25) is 4.79 Å². The number of anilines is 3. The monoisotopic (exact) mass is 516 g/mol. The van der Waals surface area contributed by atoms with Gasteiger partial charge in [0.15, 0.2) is 9.84 Å². The largest absolute Gasteiger partial charge is 0.339 e. The molecule has 4 aromatic rings. The number of fused-ring (bicyclic) bond motifs is 2. The number of nitrogens with zero attached hydrogens (tertiary/aromatic N) is 2. The Balaban J connectivity index is 1.47. The zero-order valence-corrected chi connectivity index (χ0v) is 21.3. The SMILES string of the molecule is CC1(C)C(=O)Nc2cc(C#Cc3nccc4cnc(Nc5ccc(S(C)(=O)=O)cc5Cl)cc34)ccc21. The molecule has 36 heavy (non-hydrogen) atoms. The number of halogens is 1. The van der Waals surface area contributed by atoms with Gasteiger partial charge in [-0.25, -0.2) is 18.4 Å². The van der Waals surface area contributed by atoms with E-state index in [1.54, 1.807) is 18.5 Å². The smallest absolute Gasteiger partial charge is 0.234 e. The van der Waals surface area contributed by atoms with Crippen molar-refractivity contribution in [3.63, 3.8) is 0 Å². The van der Waals surface area contributed by atoms with Gasteiger partial charge in [-0.1, -0.05) is 23.6 Å². The lowest BCUT2D eigenvalue weighted by Gasteiger charge is -2.14. The summed E-state index contributed by atoms with van der Waals surface area (Å²) in [6, 6.07) is 13.9. The highest BCUT2D eigenvalue weighted by Crippen LogP contribution is 2.37. The first kappa shape index (κ1) is 23.8. The molecule has 0 aliphatic carbocycles. The number of sulfone groups is 1. The topological polar surface area (TPSA) is 101 Å². The number of rotatable bonds is 3. The zero-order valence-electron chi connectivity index (χ0n) is 19.7. The molecule has 5 rings (SSSR count). The molecule has 0 bridgehead atoms. The molecule has 3 heterocycles. The molecule has 0 saturated heterocycles. The Morgan fingerprint density at radius 2 is 1.83 bits per heavy atom. The minimum atomic E-state index is -3.36. The molecule has 2 N–H and O–H groups in total. The minimum absolute atomic E-state index is 0.0306. The van der Waals surface area contributed by atoms with Crippen LogP contribution in [0.25, 0.3) is 10.8 Å². The van der Waals surface area contributed by atoms with E-state index in [9.17, 15) is 13.2 Å². The zero-order chi connectivity index (χ0) is 25.7. The van der Waals surface area contributed by atoms with Crippen LogP contribution in [-0.2, 0) is 20.0 Å². The summed E-state index contributed by atoms with van der Waals surface area (Å²) >= 11 is 6.30. The average Bonchev–Trinajstić information content (AvgIpc) is 3.05. The summed E-state index contributed by atoms with van der Waals surface area (Å²) in [5.41, 5.74) is 3.01. The fourth-order valence-electron chi connectivity index (χ4n) is 4.00. The Morgan fingerprint density at radius 3 is 2.58 bits per heavy atom. The molecule has 0 unspecified atom stereocenters. The Labute approximate surface area is 213 Å². The third-order valence-electron chi connectivity index (χ3n) is 6.11. The van der Waals surface area contributed by atoms with E-state index in [1.807, 2.05) is 44.2 Å². The van der Waals surface area contributed by atoms with Crippen LogP contribution in [0.4, 0.5) is 17.2 Å². The highest BCUT2D eigenvalue weighted by Gasteiger charge is 2.38. The van der Waals surface area contributed by atoms with Crippen molar-refractivity contribution in [1.29, 1.82) is 0 Å². The Kier molecular flexibility index (Phi) is 5.70. The second-order valence-corrected chi connectivity index (χ2v) is 11.5. The number of hydrogen-bond acceptors (Lipinski definition) is 6. The third kappa shape index (κ3) is 4.39. The van der Waals surface area contributed by atoms with Crippen LogP contribution in [0.1, 0.15) is 30.7 Å². The molecule has 0 spiro atoms. The van der Waals surface area contributed by atoms with Crippen LogP contribution in [0, 0.1) is 11.8 Å². The van der Waals surface area contributed by atoms with Crippen LogP contribution in [0.15, 0.2) is 65.8 Å². The lowest BCUT2D eigenvalue weighted by molar-refractivity contribution is -0.119. The molecule has 0 fully saturated rings. The van der Waals surface area contributed by atoms with Crippen molar-refractivity contribution in [2.24, 2.45) is 0 Å². The van der Waals surface area contributed by atoms with E-state index in [2.05, 4.69) is 32.4 Å². The molecule has 0 saturated carbocycles. The average molecular weight is 517 g/mol. The van der Waals surface area contributed by atoms with Crippen LogP contribution < -0.4 is 10.6 Å².